The summed E-state index contributed by atoms with van der Waals surface area (Å²) in [6.07, 6.45) is -9.15. The molecule has 0 aromatic heterocycles. The molecular formula is C42H47N5O14. The molecule has 0 radical (unpaired) electrons. The number of nitrogens with zero attached hydrogens (tertiary/aromatic N) is 1. The predicted octanol–water partition coefficient (Wildman–Crippen LogP) is -1.82. The summed E-state index contributed by atoms with van der Waals surface area (Å²) >= 11 is 0. The van der Waals surface area contributed by atoms with E-state index in [1.54, 1.807) is 36.4 Å². The monoisotopic (exact) mass is 845 g/mol. The molecule has 3 saturated heterocycles. The van der Waals surface area contributed by atoms with Crippen LogP contribution in [-0.2, 0) is 19.1 Å². The summed E-state index contributed by atoms with van der Waals surface area (Å²) in [6.45, 7) is -1.97. The van der Waals surface area contributed by atoms with Gasteiger partial charge in [-0.1, -0.05) is 42.5 Å². The molecule has 0 spiro atoms. The van der Waals surface area contributed by atoms with Crippen LogP contribution in [0.15, 0.2) is 66.4 Å². The van der Waals surface area contributed by atoms with Crippen molar-refractivity contribution in [3.05, 3.63) is 99.8 Å². The van der Waals surface area contributed by atoms with Crippen molar-refractivity contribution in [2.45, 2.75) is 80.0 Å². The first-order valence-corrected chi connectivity index (χ1v) is 19.9. The van der Waals surface area contributed by atoms with E-state index in [9.17, 15) is 49.8 Å². The van der Waals surface area contributed by atoms with Crippen molar-refractivity contribution >= 4 is 29.4 Å². The molecule has 4 aliphatic heterocycles. The second-order valence-electron chi connectivity index (χ2n) is 15.5. The number of nitrogens with two attached hydrogens (primary N) is 1. The van der Waals surface area contributed by atoms with E-state index in [1.807, 2.05) is 4.90 Å². The molecular weight excluding hydrogens is 798 g/mol. The van der Waals surface area contributed by atoms with E-state index >= 15 is 0 Å². The number of carbonyl (C=O) groups is 4. The van der Waals surface area contributed by atoms with Gasteiger partial charge in [-0.05, 0) is 29.7 Å². The van der Waals surface area contributed by atoms with Crippen LogP contribution in [0.1, 0.15) is 68.2 Å². The number of benzene rings is 3. The lowest BCUT2D eigenvalue weighted by atomic mass is 9.77. The van der Waals surface area contributed by atoms with Crippen LogP contribution < -0.4 is 36.1 Å². The number of hydrogen-bond acceptors (Lipinski definition) is 18. The maximum atomic E-state index is 14.6. The molecule has 10 atom stereocenters. The van der Waals surface area contributed by atoms with Crippen LogP contribution in [0.2, 0.25) is 0 Å². The summed E-state index contributed by atoms with van der Waals surface area (Å²) in [4.78, 5) is 55.6. The van der Waals surface area contributed by atoms with Gasteiger partial charge in [0.1, 0.15) is 56.3 Å². The van der Waals surface area contributed by atoms with E-state index in [1.165, 1.54) is 24.5 Å². The first kappa shape index (κ1) is 42.4. The first-order valence-electron chi connectivity index (χ1n) is 19.9. The lowest BCUT2D eigenvalue weighted by Gasteiger charge is -2.47. The predicted molar refractivity (Wildman–Crippen MR) is 211 cm³/mol. The van der Waals surface area contributed by atoms with Crippen LogP contribution >= 0.6 is 0 Å². The van der Waals surface area contributed by atoms with Crippen molar-refractivity contribution in [3.8, 4) is 11.5 Å². The smallest absolute Gasteiger partial charge is 0.242 e. The van der Waals surface area contributed by atoms with E-state index in [0.29, 0.717) is 23.1 Å². The van der Waals surface area contributed by atoms with Gasteiger partial charge < -0.3 is 64.6 Å². The molecule has 19 heteroatoms. The van der Waals surface area contributed by atoms with Gasteiger partial charge in [-0.2, -0.15) is 0 Å². The highest BCUT2D eigenvalue weighted by Crippen LogP contribution is 2.52. The minimum absolute atomic E-state index is 0.0358. The van der Waals surface area contributed by atoms with Crippen molar-refractivity contribution in [2.75, 3.05) is 38.0 Å². The number of aldehydes is 1. The van der Waals surface area contributed by atoms with Gasteiger partial charge in [0.2, 0.25) is 12.2 Å². The second kappa shape index (κ2) is 17.2. The number of anilines is 1. The molecule has 3 aromatic rings. The number of carbonyl (C=O) groups excluding carboxylic acids is 4. The minimum Gasteiger partial charge on any atom is -0.498 e. The van der Waals surface area contributed by atoms with Crippen LogP contribution in [0.25, 0.3) is 0 Å². The van der Waals surface area contributed by atoms with E-state index in [-0.39, 0.29) is 64.7 Å². The highest BCUT2D eigenvalue weighted by Gasteiger charge is 2.57. The zero-order valence-corrected chi connectivity index (χ0v) is 32.7. The second-order valence-corrected chi connectivity index (χ2v) is 15.5. The van der Waals surface area contributed by atoms with Gasteiger partial charge in [0, 0.05) is 59.9 Å². The average Bonchev–Trinajstić information content (AvgIpc) is 3.66. The first-order chi connectivity index (χ1) is 29.4. The van der Waals surface area contributed by atoms with Crippen molar-refractivity contribution in [1.29, 1.82) is 0 Å². The Morgan fingerprint density at radius 1 is 1.00 bits per heavy atom. The van der Waals surface area contributed by atoms with E-state index in [2.05, 4.69) is 16.0 Å². The number of aliphatic hydroxyl groups excluding tert-OH is 5. The number of rotatable bonds is 11. The third kappa shape index (κ3) is 7.45. The van der Waals surface area contributed by atoms with Gasteiger partial charge in [0.05, 0.1) is 24.6 Å². The maximum Gasteiger partial charge on any atom is 0.242 e. The molecule has 0 saturated carbocycles. The summed E-state index contributed by atoms with van der Waals surface area (Å²) in [7, 11) is 0. The van der Waals surface area contributed by atoms with Crippen LogP contribution in [0.3, 0.4) is 0 Å². The summed E-state index contributed by atoms with van der Waals surface area (Å²) in [5.74, 6) is -3.36. The Morgan fingerprint density at radius 3 is 2.48 bits per heavy atom. The van der Waals surface area contributed by atoms with Gasteiger partial charge >= 0.3 is 0 Å². The summed E-state index contributed by atoms with van der Waals surface area (Å²) in [5, 5.41) is 75.3. The van der Waals surface area contributed by atoms with E-state index < -0.39 is 105 Å². The normalized spacial score (nSPS) is 29.9. The van der Waals surface area contributed by atoms with Gasteiger partial charge in [-0.15, -0.1) is 0 Å². The molecule has 1 aliphatic carbocycles. The Labute approximate surface area is 348 Å². The van der Waals surface area contributed by atoms with Crippen LogP contribution in [-0.4, -0.2) is 142 Å². The van der Waals surface area contributed by atoms with Crippen molar-refractivity contribution in [2.24, 2.45) is 5.73 Å². The van der Waals surface area contributed by atoms with Gasteiger partial charge in [0.15, 0.2) is 28.7 Å². The molecule has 11 N–H and O–H groups in total. The zero-order valence-electron chi connectivity index (χ0n) is 32.7. The minimum atomic E-state index is -2.51. The third-order valence-corrected chi connectivity index (χ3v) is 11.8. The van der Waals surface area contributed by atoms with E-state index in [4.69, 9.17) is 24.7 Å². The summed E-state index contributed by atoms with van der Waals surface area (Å²) < 4.78 is 25.1. The van der Waals surface area contributed by atoms with Crippen molar-refractivity contribution < 1.29 is 68.8 Å². The van der Waals surface area contributed by atoms with Gasteiger partial charge in [-0.3, -0.25) is 30.8 Å². The molecule has 2 bridgehead atoms. The Hall–Kier alpha value is -5.32. The fraction of sp³-hybridized carbons (Fsp3) is 0.429. The van der Waals surface area contributed by atoms with Gasteiger partial charge in [-0.25, -0.2) is 0 Å². The number of fused-ring (bicyclic) bond motifs is 6. The molecule has 3 fully saturated rings. The average molecular weight is 846 g/mol. The Balaban J connectivity index is 1.43. The van der Waals surface area contributed by atoms with Crippen molar-refractivity contribution in [3.63, 3.8) is 0 Å². The molecule has 8 rings (SSSR count). The molecule has 61 heavy (non-hydrogen) atoms. The Bertz CT molecular complexity index is 2240. The highest BCUT2D eigenvalue weighted by atomic mass is 16.7. The number of amides is 1. The molecule has 5 aliphatic rings. The number of aliphatic hydroxyl groups is 6. The molecule has 19 nitrogen and oxygen atoms in total. The number of ether oxygens (including phenoxy) is 4. The fourth-order valence-corrected chi connectivity index (χ4v) is 8.79. The van der Waals surface area contributed by atoms with E-state index in [0.717, 1.165) is 0 Å². The quantitative estimate of drug-likeness (QED) is 0.0744. The van der Waals surface area contributed by atoms with Crippen LogP contribution in [0.4, 0.5) is 5.69 Å². The summed E-state index contributed by atoms with van der Waals surface area (Å²) in [6, 6.07) is 13.9. The fourth-order valence-electron chi connectivity index (χ4n) is 8.79. The van der Waals surface area contributed by atoms with Gasteiger partial charge in [0.25, 0.3) is 0 Å². The maximum absolute atomic E-state index is 14.6. The topological polar surface area (TPSA) is 292 Å². The molecule has 3 aromatic carbocycles. The summed E-state index contributed by atoms with van der Waals surface area (Å²) in [5.41, 5.74) is 4.88. The molecule has 324 valence electrons. The zero-order chi connectivity index (χ0) is 43.2. The highest BCUT2D eigenvalue weighted by molar-refractivity contribution is 6.29. The Morgan fingerprint density at radius 2 is 1.74 bits per heavy atom. The number of hydrogen-bond donors (Lipinski definition) is 10. The number of nitrogens with one attached hydrogen (secondary N) is 3. The third-order valence-electron chi connectivity index (χ3n) is 11.8. The lowest BCUT2D eigenvalue weighted by Crippen LogP contribution is -2.70. The molecule has 10 unspecified atom stereocenters. The van der Waals surface area contributed by atoms with Crippen molar-refractivity contribution in [1.82, 2.24) is 16.0 Å². The van der Waals surface area contributed by atoms with Crippen LogP contribution in [0.5, 0.6) is 11.5 Å². The number of para-hydroxylation sites is 1. The molecule has 4 heterocycles. The Kier molecular flexibility index (Phi) is 12.0. The molecule has 1 amide bonds. The number of ketones is 2. The lowest BCUT2D eigenvalue weighted by molar-refractivity contribution is -0.323. The van der Waals surface area contributed by atoms with Crippen LogP contribution in [0, 0.1) is 0 Å². The largest absolute Gasteiger partial charge is 0.498 e. The standard InChI is InChI=1S/C42H47N5O14/c43-41-45-38-31(39(56)46-41)44-19-47(38)27-8-4-3-7-24(27)29-20(9-12-48)16-58-18-28-34(54)37(55)42(57,11-14-50)40(60-28)61-35-26(29)15-25-30(36(35)59-17-21(51)10-13-49)33(53)23-6-2-1-5-22(23)32(25)52/h1-8,13,15-16,21,28-29,31,34,37-38,40-41,44-45,48,50-51,54-55,57H,9-12,14,17-19,43H2,(H,46,56). The SMILES string of the molecule is NC1NC(=O)C2NCN(c3ccccc3C3C(CCO)=COCC4OC(Oc5c3cc3c(c5OCC(O)CC=O)C(=O)c5ccccc5C3=O)C(O)(CCO)C(O)C4O)C2N1.